The van der Waals surface area contributed by atoms with Gasteiger partial charge in [-0.05, 0) is 17.8 Å². The predicted octanol–water partition coefficient (Wildman–Crippen LogP) is -0.0933. The molecule has 0 aliphatic rings. The average Bonchev–Trinajstić information content (AvgIpc) is 2.38. The third-order valence-corrected chi connectivity index (χ3v) is 3.08. The molecular weight excluding hydrogens is 228 g/mol. The first-order valence-corrected chi connectivity index (χ1v) is 6.63. The van der Waals surface area contributed by atoms with Gasteiger partial charge in [0.05, 0.1) is 0 Å². The Hall–Kier alpha value is 0.649. The zero-order valence-electron chi connectivity index (χ0n) is 13.9. The lowest BCUT2D eigenvalue weighted by molar-refractivity contribution is 0.267. The molecule has 0 aromatic carbocycles. The summed E-state index contributed by atoms with van der Waals surface area (Å²) >= 11 is 0. The van der Waals surface area contributed by atoms with Gasteiger partial charge in [-0.3, -0.25) is 0 Å². The summed E-state index contributed by atoms with van der Waals surface area (Å²) in [6.07, 6.45) is 1.98. The van der Waals surface area contributed by atoms with Crippen LogP contribution < -0.4 is 0 Å². The molecule has 0 aliphatic heterocycles. The minimum atomic E-state index is -0.667. The highest BCUT2D eigenvalue weighted by atomic mass is 14.2. The lowest BCUT2D eigenvalue weighted by atomic mass is 9.08. The number of hydrogen-bond donors (Lipinski definition) is 0. The molecule has 0 N–H and O–H groups in total. The van der Waals surface area contributed by atoms with Crippen LogP contribution in [0.2, 0.25) is 0 Å². The van der Waals surface area contributed by atoms with Crippen LogP contribution in [-0.4, -0.2) is 76.0 Å². The van der Waals surface area contributed by atoms with E-state index in [1.54, 1.807) is 0 Å². The van der Waals surface area contributed by atoms with Gasteiger partial charge >= 0.3 is 0 Å². The first kappa shape index (κ1) is 32.6. The summed E-state index contributed by atoms with van der Waals surface area (Å²) in [6.45, 7) is 11.7. The maximum Gasteiger partial charge on any atom is 0 e. The Morgan fingerprint density at radius 3 is 1.10 bits per heavy atom. The van der Waals surface area contributed by atoms with Crippen LogP contribution in [0.3, 0.4) is 0 Å². The SMILES string of the molecule is CCC(C)C(C)C(C)CC.[B].[B]B([B])[B].[B][B].[B][B][B]. The molecule has 0 aliphatic carbocycles. The standard InChI is InChI=1S/C10H22.B4.B3.B2.B/c1-6-8(3)10(5)9(4)7-2;1-4(2)3;1-3-2;1-2;/h8-10H,6-7H2,1-5H3;;;;. The van der Waals surface area contributed by atoms with Crippen LogP contribution in [-0.2, 0) is 0 Å². The van der Waals surface area contributed by atoms with Gasteiger partial charge in [-0.25, -0.2) is 0 Å². The van der Waals surface area contributed by atoms with Crippen LogP contribution in [0.4, 0.5) is 0 Å². The summed E-state index contributed by atoms with van der Waals surface area (Å²) in [5.74, 6) is 2.69. The normalized spacial score (nSPS) is 12.1. The Bertz CT molecular complexity index is 122. The van der Waals surface area contributed by atoms with Crippen LogP contribution in [0.15, 0.2) is 0 Å². The van der Waals surface area contributed by atoms with E-state index in [0.29, 0.717) is 0 Å². The van der Waals surface area contributed by atoms with Crippen LogP contribution in [0.1, 0.15) is 47.5 Å². The van der Waals surface area contributed by atoms with E-state index in [0.717, 1.165) is 24.8 Å². The van der Waals surface area contributed by atoms with E-state index in [2.05, 4.69) is 88.8 Å². The minimum Gasteiger partial charge on any atom is -0.0651 e. The third kappa shape index (κ3) is 36.3. The van der Waals surface area contributed by atoms with Gasteiger partial charge in [-0.1, -0.05) is 47.5 Å². The molecule has 0 spiro atoms. The average molecular weight is 250 g/mol. The van der Waals surface area contributed by atoms with E-state index in [1.165, 1.54) is 12.8 Å². The van der Waals surface area contributed by atoms with Gasteiger partial charge in [-0.2, -0.15) is 0 Å². The maximum absolute atomic E-state index is 4.67. The summed E-state index contributed by atoms with van der Waals surface area (Å²) in [5.41, 5.74) is 0. The fourth-order valence-electron chi connectivity index (χ4n) is 1.30. The van der Waals surface area contributed by atoms with Gasteiger partial charge in [0.1, 0.15) is 0 Å². The van der Waals surface area contributed by atoms with Gasteiger partial charge in [0, 0.05) is 76.0 Å². The second kappa shape index (κ2) is 27.9. The van der Waals surface area contributed by atoms with Crippen molar-refractivity contribution in [1.82, 2.24) is 0 Å². The van der Waals surface area contributed by atoms with Crippen LogP contribution in [0.25, 0.3) is 0 Å². The van der Waals surface area contributed by atoms with Gasteiger partial charge in [0.2, 0.25) is 0 Å². The van der Waals surface area contributed by atoms with Crippen molar-refractivity contribution in [2.75, 3.05) is 0 Å². The second-order valence-corrected chi connectivity index (χ2v) is 4.40. The maximum atomic E-state index is 4.67. The second-order valence-electron chi connectivity index (χ2n) is 4.40. The summed E-state index contributed by atoms with van der Waals surface area (Å²) in [5, 5.41) is 0. The fraction of sp³-hybridized carbons (Fsp3) is 1.00. The molecule has 10 heteroatoms. The van der Waals surface area contributed by atoms with Crippen molar-refractivity contribution in [3.8, 4) is 0 Å². The number of hydrogen-bond acceptors (Lipinski definition) is 0. The van der Waals surface area contributed by atoms with E-state index < -0.39 is 6.39 Å². The predicted molar refractivity (Wildman–Crippen MR) is 106 cm³/mol. The Kier molecular flexibility index (Phi) is 45.4. The van der Waals surface area contributed by atoms with E-state index >= 15 is 0 Å². The zero-order chi connectivity index (χ0) is 16.4. The molecule has 0 saturated heterocycles. The summed E-state index contributed by atoms with van der Waals surface area (Å²) in [6, 6.07) is 0. The summed E-state index contributed by atoms with van der Waals surface area (Å²) in [7, 11) is 32.0. The van der Waals surface area contributed by atoms with Crippen molar-refractivity contribution < 1.29 is 0 Å². The van der Waals surface area contributed by atoms with Gasteiger partial charge in [-0.15, -0.1) is 0 Å². The highest BCUT2D eigenvalue weighted by Gasteiger charge is 2.15. The number of rotatable bonds is 4. The molecule has 0 amide bonds. The third-order valence-electron chi connectivity index (χ3n) is 3.08. The quantitative estimate of drug-likeness (QED) is 0.612. The summed E-state index contributed by atoms with van der Waals surface area (Å²) in [4.78, 5) is 0. The molecule has 20 heavy (non-hydrogen) atoms. The summed E-state index contributed by atoms with van der Waals surface area (Å²) < 4.78 is 0. The van der Waals surface area contributed by atoms with E-state index in [9.17, 15) is 0 Å². The Balaban J connectivity index is -0.0000000630. The molecule has 2 unspecified atom stereocenters. The Morgan fingerprint density at radius 2 is 1.00 bits per heavy atom. The largest absolute Gasteiger partial charge is 0.0651 e. The van der Waals surface area contributed by atoms with Crippen molar-refractivity contribution in [1.29, 1.82) is 0 Å². The molecule has 0 rings (SSSR count). The molecular formula is C10H22B10. The highest BCUT2D eigenvalue weighted by molar-refractivity contribution is 7.49. The topological polar surface area (TPSA) is 0 Å². The molecule has 92 valence electrons. The molecule has 0 bridgehead atoms. The van der Waals surface area contributed by atoms with E-state index in [1.807, 2.05) is 0 Å². The molecule has 0 saturated carbocycles. The first-order valence-electron chi connectivity index (χ1n) is 6.63. The molecule has 2 atom stereocenters. The monoisotopic (exact) mass is 252 g/mol. The van der Waals surface area contributed by atoms with Crippen molar-refractivity contribution in [3.63, 3.8) is 0 Å². The molecule has 0 aromatic rings. The lowest BCUT2D eigenvalue weighted by Crippen LogP contribution is -2.14. The Labute approximate surface area is 141 Å². The van der Waals surface area contributed by atoms with Crippen molar-refractivity contribution in [2.24, 2.45) is 17.8 Å². The smallest absolute Gasteiger partial charge is 0 e. The first-order chi connectivity index (χ1) is 8.78. The molecule has 0 fully saturated rings. The van der Waals surface area contributed by atoms with Crippen molar-refractivity contribution in [2.45, 2.75) is 47.5 Å². The molecule has 0 nitrogen and oxygen atoms in total. The van der Waals surface area contributed by atoms with Crippen LogP contribution >= 0.6 is 0 Å². The van der Waals surface area contributed by atoms with Gasteiger partial charge in [0.15, 0.2) is 0 Å². The Morgan fingerprint density at radius 1 is 0.850 bits per heavy atom. The van der Waals surface area contributed by atoms with Crippen molar-refractivity contribution in [3.05, 3.63) is 0 Å². The van der Waals surface area contributed by atoms with Gasteiger partial charge < -0.3 is 0 Å². The molecule has 0 aromatic heterocycles. The zero-order valence-corrected chi connectivity index (χ0v) is 13.9. The minimum absolute atomic E-state index is 0. The van der Waals surface area contributed by atoms with Crippen LogP contribution in [0.5, 0.6) is 0 Å². The molecule has 18 radical (unpaired) electrons. The lowest BCUT2D eigenvalue weighted by Gasteiger charge is -2.23. The fourth-order valence-corrected chi connectivity index (χ4v) is 1.30. The van der Waals surface area contributed by atoms with E-state index in [-0.39, 0.29) is 8.41 Å². The van der Waals surface area contributed by atoms with Gasteiger partial charge in [0.25, 0.3) is 0 Å². The van der Waals surface area contributed by atoms with Crippen molar-refractivity contribution >= 4 is 76.0 Å². The van der Waals surface area contributed by atoms with E-state index in [4.69, 9.17) is 0 Å². The van der Waals surface area contributed by atoms with Crippen LogP contribution in [0, 0.1) is 17.8 Å². The highest BCUT2D eigenvalue weighted by Crippen LogP contribution is 2.24. The molecule has 0 heterocycles.